The molecule has 2 rings (SSSR count). The molecule has 20 heavy (non-hydrogen) atoms. The summed E-state index contributed by atoms with van der Waals surface area (Å²) in [7, 11) is 1.57. The normalized spacial score (nSPS) is 10.9. The van der Waals surface area contributed by atoms with E-state index in [0.29, 0.717) is 11.3 Å². The zero-order valence-corrected chi connectivity index (χ0v) is 11.1. The Balaban J connectivity index is 2.30. The average Bonchev–Trinajstić information content (AvgIpc) is 2.46. The molecule has 0 aliphatic rings. The lowest BCUT2D eigenvalue weighted by atomic mass is 10.1. The van der Waals surface area contributed by atoms with Gasteiger partial charge in [0.05, 0.1) is 13.7 Å². The molecule has 0 bridgehead atoms. The van der Waals surface area contributed by atoms with E-state index in [4.69, 9.17) is 4.74 Å². The van der Waals surface area contributed by atoms with E-state index in [1.807, 2.05) is 12.1 Å². The van der Waals surface area contributed by atoms with Gasteiger partial charge in [0.25, 0.3) is 0 Å². The Kier molecular flexibility index (Phi) is 4.27. The molecule has 0 unspecified atom stereocenters. The fourth-order valence-corrected chi connectivity index (χ4v) is 1.85. The Morgan fingerprint density at radius 2 is 1.85 bits per heavy atom. The summed E-state index contributed by atoms with van der Waals surface area (Å²) in [4.78, 5) is 0. The topological polar surface area (TPSA) is 69.9 Å². The number of aromatic hydroxyl groups is 2. The number of rotatable bonds is 4. The van der Waals surface area contributed by atoms with Crippen LogP contribution in [-0.2, 0) is 6.61 Å². The summed E-state index contributed by atoms with van der Waals surface area (Å²) in [6.07, 6.45) is 3.53. The number of hydrogen-bond donors (Lipinski definition) is 3. The molecule has 104 valence electrons. The van der Waals surface area contributed by atoms with Gasteiger partial charge in [-0.3, -0.25) is 0 Å². The number of phenols is 2. The van der Waals surface area contributed by atoms with Crippen molar-refractivity contribution >= 4 is 12.2 Å². The number of ether oxygens (including phenoxy) is 1. The van der Waals surface area contributed by atoms with Gasteiger partial charge in [-0.15, -0.1) is 0 Å². The van der Waals surface area contributed by atoms with Crippen molar-refractivity contribution in [3.63, 3.8) is 0 Å². The molecule has 0 radical (unpaired) electrons. The zero-order valence-electron chi connectivity index (χ0n) is 11.1. The van der Waals surface area contributed by atoms with Gasteiger partial charge in [-0.1, -0.05) is 12.2 Å². The number of benzene rings is 2. The molecule has 0 spiro atoms. The maximum absolute atomic E-state index is 9.69. The molecule has 0 atom stereocenters. The first-order valence-corrected chi connectivity index (χ1v) is 6.11. The number of phenolic OH excluding ortho intramolecular Hbond substituents is 2. The number of methoxy groups -OCH3 is 1. The van der Waals surface area contributed by atoms with E-state index in [1.54, 1.807) is 31.4 Å². The second-order valence-corrected chi connectivity index (χ2v) is 4.35. The van der Waals surface area contributed by atoms with Gasteiger partial charge in [0, 0.05) is 11.6 Å². The highest BCUT2D eigenvalue weighted by molar-refractivity contribution is 5.73. The Hall–Kier alpha value is -2.46. The van der Waals surface area contributed by atoms with E-state index >= 15 is 0 Å². The van der Waals surface area contributed by atoms with Gasteiger partial charge in [0.15, 0.2) is 0 Å². The van der Waals surface area contributed by atoms with Crippen LogP contribution in [0.1, 0.15) is 16.7 Å². The van der Waals surface area contributed by atoms with E-state index in [2.05, 4.69) is 0 Å². The van der Waals surface area contributed by atoms with Crippen LogP contribution in [0.4, 0.5) is 0 Å². The molecule has 3 N–H and O–H groups in total. The van der Waals surface area contributed by atoms with E-state index in [0.717, 1.165) is 11.1 Å². The minimum atomic E-state index is -0.0670. The van der Waals surface area contributed by atoms with Crippen molar-refractivity contribution in [3.05, 3.63) is 53.1 Å². The van der Waals surface area contributed by atoms with Crippen LogP contribution in [0.25, 0.3) is 12.2 Å². The van der Waals surface area contributed by atoms with Crippen molar-refractivity contribution in [2.24, 2.45) is 0 Å². The molecule has 0 saturated carbocycles. The van der Waals surface area contributed by atoms with Crippen molar-refractivity contribution in [3.8, 4) is 17.2 Å². The van der Waals surface area contributed by atoms with Crippen LogP contribution in [0.3, 0.4) is 0 Å². The Morgan fingerprint density at radius 3 is 2.50 bits per heavy atom. The first-order chi connectivity index (χ1) is 9.62. The van der Waals surface area contributed by atoms with Crippen molar-refractivity contribution in [1.29, 1.82) is 0 Å². The van der Waals surface area contributed by atoms with Crippen molar-refractivity contribution in [2.45, 2.75) is 6.61 Å². The van der Waals surface area contributed by atoms with Crippen LogP contribution in [0.5, 0.6) is 17.2 Å². The van der Waals surface area contributed by atoms with Gasteiger partial charge in [0.1, 0.15) is 17.2 Å². The largest absolute Gasteiger partial charge is 0.508 e. The van der Waals surface area contributed by atoms with Crippen molar-refractivity contribution < 1.29 is 20.1 Å². The zero-order chi connectivity index (χ0) is 14.5. The molecule has 0 aromatic heterocycles. The van der Waals surface area contributed by atoms with Crippen LogP contribution < -0.4 is 4.74 Å². The van der Waals surface area contributed by atoms with E-state index in [9.17, 15) is 15.3 Å². The summed E-state index contributed by atoms with van der Waals surface area (Å²) in [5.74, 6) is 0.682. The molecule has 0 saturated heterocycles. The standard InChI is InChI=1S/C16H16O4/c1-20-15-7-11(6-12(8-15)10-17)2-3-13-4-5-14(18)9-16(13)19/h2-9,17-19H,10H2,1H3/b3-2+. The summed E-state index contributed by atoms with van der Waals surface area (Å²) in [5, 5.41) is 28.1. The summed E-state index contributed by atoms with van der Waals surface area (Å²) in [6, 6.07) is 9.82. The fourth-order valence-electron chi connectivity index (χ4n) is 1.85. The molecular weight excluding hydrogens is 256 g/mol. The maximum atomic E-state index is 9.69. The van der Waals surface area contributed by atoms with Crippen molar-refractivity contribution in [2.75, 3.05) is 7.11 Å². The van der Waals surface area contributed by atoms with Gasteiger partial charge in [-0.2, -0.15) is 0 Å². The maximum Gasteiger partial charge on any atom is 0.126 e. The highest BCUT2D eigenvalue weighted by Crippen LogP contribution is 2.25. The SMILES string of the molecule is COc1cc(/C=C/c2ccc(O)cc2O)cc(CO)c1. The monoisotopic (exact) mass is 272 g/mol. The van der Waals surface area contributed by atoms with Crippen LogP contribution in [0.15, 0.2) is 36.4 Å². The first kappa shape index (κ1) is 14.0. The predicted octanol–water partition coefficient (Wildman–Crippen LogP) is 2.77. The second kappa shape index (κ2) is 6.12. The fraction of sp³-hybridized carbons (Fsp3) is 0.125. The molecule has 0 aliphatic heterocycles. The predicted molar refractivity (Wildman–Crippen MR) is 77.6 cm³/mol. The highest BCUT2D eigenvalue weighted by Gasteiger charge is 2.01. The van der Waals surface area contributed by atoms with Crippen LogP contribution >= 0.6 is 0 Å². The molecule has 0 heterocycles. The minimum absolute atomic E-state index is 0.00604. The smallest absolute Gasteiger partial charge is 0.126 e. The van der Waals surface area contributed by atoms with E-state index in [-0.39, 0.29) is 18.1 Å². The molecule has 2 aromatic rings. The molecule has 0 amide bonds. The Labute approximate surface area is 117 Å². The summed E-state index contributed by atoms with van der Waals surface area (Å²) < 4.78 is 5.16. The van der Waals surface area contributed by atoms with Gasteiger partial charge in [-0.05, 0) is 41.5 Å². The van der Waals surface area contributed by atoms with Crippen LogP contribution in [0, 0.1) is 0 Å². The Morgan fingerprint density at radius 1 is 1.05 bits per heavy atom. The lowest BCUT2D eigenvalue weighted by Crippen LogP contribution is -1.89. The molecule has 0 aliphatic carbocycles. The summed E-state index contributed by atoms with van der Waals surface area (Å²) >= 11 is 0. The molecule has 0 fully saturated rings. The highest BCUT2D eigenvalue weighted by atomic mass is 16.5. The van der Waals surface area contributed by atoms with Gasteiger partial charge in [0.2, 0.25) is 0 Å². The third kappa shape index (κ3) is 3.30. The van der Waals surface area contributed by atoms with Gasteiger partial charge >= 0.3 is 0 Å². The third-order valence-corrected chi connectivity index (χ3v) is 2.88. The van der Waals surface area contributed by atoms with E-state index in [1.165, 1.54) is 12.1 Å². The van der Waals surface area contributed by atoms with Crippen LogP contribution in [-0.4, -0.2) is 22.4 Å². The van der Waals surface area contributed by atoms with Gasteiger partial charge < -0.3 is 20.1 Å². The van der Waals surface area contributed by atoms with Crippen LogP contribution in [0.2, 0.25) is 0 Å². The number of hydrogen-bond acceptors (Lipinski definition) is 4. The average molecular weight is 272 g/mol. The summed E-state index contributed by atoms with van der Waals surface area (Å²) in [5.41, 5.74) is 2.19. The van der Waals surface area contributed by atoms with Gasteiger partial charge in [-0.25, -0.2) is 0 Å². The van der Waals surface area contributed by atoms with E-state index < -0.39 is 0 Å². The quantitative estimate of drug-likeness (QED) is 0.748. The molecule has 4 heteroatoms. The van der Waals surface area contributed by atoms with Crippen molar-refractivity contribution in [1.82, 2.24) is 0 Å². The third-order valence-electron chi connectivity index (χ3n) is 2.88. The molecule has 4 nitrogen and oxygen atoms in total. The molecule has 2 aromatic carbocycles. The lowest BCUT2D eigenvalue weighted by Gasteiger charge is -2.05. The number of aliphatic hydroxyl groups excluding tert-OH is 1. The minimum Gasteiger partial charge on any atom is -0.508 e. The first-order valence-electron chi connectivity index (χ1n) is 6.11. The summed E-state index contributed by atoms with van der Waals surface area (Å²) in [6.45, 7) is -0.0670. The molecular formula is C16H16O4. The number of aliphatic hydroxyl groups is 1. The lowest BCUT2D eigenvalue weighted by molar-refractivity contribution is 0.281. The Bertz CT molecular complexity index is 610. The second-order valence-electron chi connectivity index (χ2n) is 4.35.